The molecule has 8 nitrogen and oxygen atoms in total. The number of halogens is 1. The standard InChI is InChI=1S/C31H28IN3O5S/c1-6-38-30(37)27-18(4)33-31-35(28(27)20-7-10-24-25(13-20)40-15-39-24)29(36)26(41-31)14-21-12-17(3)34(19(21)5)22-8-9-23(32)16(2)11-22/h7-14,28H,6,15H2,1-5H3/b26-14+/t28-/m0/s1. The van der Waals surface area contributed by atoms with Crippen LogP contribution in [0.3, 0.4) is 0 Å². The van der Waals surface area contributed by atoms with Gasteiger partial charge in [0.05, 0.1) is 28.5 Å². The molecule has 0 saturated carbocycles. The Kier molecular flexibility index (Phi) is 7.14. The Bertz CT molecular complexity index is 1950. The van der Waals surface area contributed by atoms with Crippen molar-refractivity contribution in [3.63, 3.8) is 0 Å². The Hall–Kier alpha value is -3.64. The molecule has 0 unspecified atom stereocenters. The molecule has 0 amide bonds. The summed E-state index contributed by atoms with van der Waals surface area (Å²) < 4.78 is 22.0. The van der Waals surface area contributed by atoms with Gasteiger partial charge in [0.2, 0.25) is 6.79 Å². The average molecular weight is 682 g/mol. The predicted octanol–water partition coefficient (Wildman–Crippen LogP) is 4.85. The third kappa shape index (κ3) is 4.72. The minimum absolute atomic E-state index is 0.126. The zero-order valence-corrected chi connectivity index (χ0v) is 26.3. The van der Waals surface area contributed by atoms with Gasteiger partial charge in [-0.1, -0.05) is 17.4 Å². The van der Waals surface area contributed by atoms with E-state index in [1.54, 1.807) is 24.5 Å². The van der Waals surface area contributed by atoms with Crippen LogP contribution in [0.15, 0.2) is 63.5 Å². The van der Waals surface area contributed by atoms with Crippen molar-refractivity contribution in [2.45, 2.75) is 40.7 Å². The van der Waals surface area contributed by atoms with E-state index in [0.29, 0.717) is 37.7 Å². The summed E-state index contributed by atoms with van der Waals surface area (Å²) in [5, 5.41) is 0. The van der Waals surface area contributed by atoms with E-state index >= 15 is 0 Å². The normalized spacial score (nSPS) is 16.1. The van der Waals surface area contributed by atoms with Gasteiger partial charge < -0.3 is 18.8 Å². The topological polar surface area (TPSA) is 84.1 Å². The number of carbonyl (C=O) groups excluding carboxylic acids is 1. The van der Waals surface area contributed by atoms with Gasteiger partial charge in [-0.2, -0.15) is 0 Å². The van der Waals surface area contributed by atoms with Crippen LogP contribution in [0, 0.1) is 24.3 Å². The van der Waals surface area contributed by atoms with Crippen molar-refractivity contribution >= 4 is 46.0 Å². The van der Waals surface area contributed by atoms with E-state index < -0.39 is 12.0 Å². The summed E-state index contributed by atoms with van der Waals surface area (Å²) in [6, 6.07) is 13.2. The lowest BCUT2D eigenvalue weighted by Crippen LogP contribution is -2.39. The first-order chi connectivity index (χ1) is 19.7. The van der Waals surface area contributed by atoms with Crippen molar-refractivity contribution in [3.05, 3.63) is 105 Å². The molecule has 2 aromatic carbocycles. The molecule has 2 aliphatic heterocycles. The van der Waals surface area contributed by atoms with Crippen LogP contribution < -0.4 is 24.4 Å². The smallest absolute Gasteiger partial charge is 0.338 e. The van der Waals surface area contributed by atoms with Gasteiger partial charge >= 0.3 is 5.97 Å². The third-order valence-electron chi connectivity index (χ3n) is 7.39. The van der Waals surface area contributed by atoms with E-state index in [0.717, 1.165) is 22.6 Å². The van der Waals surface area contributed by atoms with Crippen molar-refractivity contribution in [1.82, 2.24) is 9.13 Å². The van der Waals surface area contributed by atoms with Crippen LogP contribution in [-0.2, 0) is 9.53 Å². The predicted molar refractivity (Wildman–Crippen MR) is 166 cm³/mol. The molecular weight excluding hydrogens is 653 g/mol. The monoisotopic (exact) mass is 681 g/mol. The van der Waals surface area contributed by atoms with E-state index in [2.05, 4.69) is 72.2 Å². The van der Waals surface area contributed by atoms with Gasteiger partial charge in [0.15, 0.2) is 16.3 Å². The molecule has 2 aliphatic rings. The van der Waals surface area contributed by atoms with E-state index in [9.17, 15) is 9.59 Å². The maximum absolute atomic E-state index is 14.1. The maximum atomic E-state index is 14.1. The lowest BCUT2D eigenvalue weighted by atomic mass is 9.95. The molecule has 2 aromatic heterocycles. The van der Waals surface area contributed by atoms with Gasteiger partial charge in [-0.25, -0.2) is 9.79 Å². The summed E-state index contributed by atoms with van der Waals surface area (Å²) in [7, 11) is 0. The molecule has 4 aromatic rings. The highest BCUT2D eigenvalue weighted by atomic mass is 127. The zero-order valence-electron chi connectivity index (χ0n) is 23.3. The van der Waals surface area contributed by atoms with Crippen LogP contribution in [0.2, 0.25) is 0 Å². The summed E-state index contributed by atoms with van der Waals surface area (Å²) in [4.78, 5) is 32.5. The van der Waals surface area contributed by atoms with Crippen LogP contribution in [0.5, 0.6) is 11.5 Å². The van der Waals surface area contributed by atoms with Crippen LogP contribution in [-0.4, -0.2) is 28.5 Å². The quantitative estimate of drug-likeness (QED) is 0.222. The van der Waals surface area contributed by atoms with Gasteiger partial charge in [-0.3, -0.25) is 9.36 Å². The minimum Gasteiger partial charge on any atom is -0.463 e. The summed E-state index contributed by atoms with van der Waals surface area (Å²) in [5.41, 5.74) is 6.68. The van der Waals surface area contributed by atoms with E-state index in [1.165, 1.54) is 20.5 Å². The Morgan fingerprint density at radius 2 is 1.90 bits per heavy atom. The number of fused-ring (bicyclic) bond motifs is 2. The number of benzene rings is 2. The molecule has 0 N–H and O–H groups in total. The highest BCUT2D eigenvalue weighted by Gasteiger charge is 2.34. The second-order valence-electron chi connectivity index (χ2n) is 10.0. The highest BCUT2D eigenvalue weighted by Crippen LogP contribution is 2.38. The van der Waals surface area contributed by atoms with Gasteiger partial charge in [-0.05, 0) is 116 Å². The number of carbonyl (C=O) groups is 1. The first-order valence-electron chi connectivity index (χ1n) is 13.2. The Morgan fingerprint density at radius 1 is 1.12 bits per heavy atom. The number of hydrogen-bond donors (Lipinski definition) is 0. The Labute approximate surface area is 254 Å². The lowest BCUT2D eigenvalue weighted by Gasteiger charge is -2.24. The van der Waals surface area contributed by atoms with Gasteiger partial charge in [-0.15, -0.1) is 0 Å². The number of ether oxygens (including phenoxy) is 3. The number of thiazole rings is 1. The molecule has 0 radical (unpaired) electrons. The summed E-state index contributed by atoms with van der Waals surface area (Å²) >= 11 is 3.65. The van der Waals surface area contributed by atoms with Gasteiger partial charge in [0, 0.05) is 20.6 Å². The van der Waals surface area contributed by atoms with Crippen LogP contribution in [0.4, 0.5) is 0 Å². The van der Waals surface area contributed by atoms with E-state index in [4.69, 9.17) is 19.2 Å². The number of hydrogen-bond acceptors (Lipinski definition) is 7. The number of esters is 1. The van der Waals surface area contributed by atoms with E-state index in [-0.39, 0.29) is 19.0 Å². The molecule has 0 spiro atoms. The molecule has 0 aliphatic carbocycles. The largest absolute Gasteiger partial charge is 0.463 e. The number of allylic oxidation sites excluding steroid dienone is 1. The fourth-order valence-electron chi connectivity index (χ4n) is 5.43. The molecule has 0 bridgehead atoms. The number of aromatic nitrogens is 2. The van der Waals surface area contributed by atoms with Crippen LogP contribution in [0.25, 0.3) is 11.8 Å². The van der Waals surface area contributed by atoms with Crippen molar-refractivity contribution in [2.75, 3.05) is 13.4 Å². The lowest BCUT2D eigenvalue weighted by molar-refractivity contribution is -0.139. The van der Waals surface area contributed by atoms with Gasteiger partial charge in [0.25, 0.3) is 5.56 Å². The first kappa shape index (κ1) is 27.5. The minimum atomic E-state index is -0.718. The average Bonchev–Trinajstić information content (AvgIpc) is 3.60. The van der Waals surface area contributed by atoms with Crippen molar-refractivity contribution in [3.8, 4) is 17.2 Å². The Morgan fingerprint density at radius 3 is 2.66 bits per heavy atom. The fourth-order valence-corrected chi connectivity index (χ4v) is 6.80. The number of rotatable bonds is 5. The second-order valence-corrected chi connectivity index (χ2v) is 12.2. The van der Waals surface area contributed by atoms with Crippen molar-refractivity contribution in [1.29, 1.82) is 0 Å². The summed E-state index contributed by atoms with van der Waals surface area (Å²) in [5.74, 6) is 0.695. The maximum Gasteiger partial charge on any atom is 0.338 e. The third-order valence-corrected chi connectivity index (χ3v) is 9.58. The molecule has 0 fully saturated rings. The Balaban J connectivity index is 1.52. The van der Waals surface area contributed by atoms with E-state index in [1.807, 2.05) is 18.2 Å². The molecule has 4 heterocycles. The molecule has 6 rings (SSSR count). The summed E-state index contributed by atoms with van der Waals surface area (Å²) in [6.45, 7) is 10.1. The molecule has 1 atom stereocenters. The fraction of sp³-hybridized carbons (Fsp3) is 0.258. The second kappa shape index (κ2) is 10.6. The zero-order chi connectivity index (χ0) is 29.0. The van der Waals surface area contributed by atoms with Crippen molar-refractivity contribution in [2.24, 2.45) is 4.99 Å². The number of nitrogens with zero attached hydrogens (tertiary/aromatic N) is 3. The molecule has 41 heavy (non-hydrogen) atoms. The molecule has 0 saturated heterocycles. The SMILES string of the molecule is CCOC(=O)C1=C(C)N=c2s/c(=C/c3cc(C)n(-c4ccc(I)c(C)c4)c3C)c(=O)n2[C@H]1c1ccc2c(c1)OCO2. The van der Waals surface area contributed by atoms with Crippen molar-refractivity contribution < 1.29 is 19.0 Å². The van der Waals surface area contributed by atoms with Crippen LogP contribution in [0.1, 0.15) is 48.0 Å². The number of aryl methyl sites for hydroxylation is 2. The molecular formula is C31H28IN3O5S. The molecule has 210 valence electrons. The van der Waals surface area contributed by atoms with Crippen LogP contribution >= 0.6 is 33.9 Å². The summed E-state index contributed by atoms with van der Waals surface area (Å²) in [6.07, 6.45) is 1.92. The molecule has 10 heteroatoms. The first-order valence-corrected chi connectivity index (χ1v) is 15.1. The highest BCUT2D eigenvalue weighted by molar-refractivity contribution is 14.1. The van der Waals surface area contributed by atoms with Gasteiger partial charge in [0.1, 0.15) is 0 Å².